The van der Waals surface area contributed by atoms with Gasteiger partial charge in [0.25, 0.3) is 5.91 Å². The third-order valence-corrected chi connectivity index (χ3v) is 4.58. The molecule has 0 aliphatic heterocycles. The van der Waals surface area contributed by atoms with Crippen LogP contribution in [0.25, 0.3) is 11.0 Å². The van der Waals surface area contributed by atoms with Crippen LogP contribution in [0.5, 0.6) is 0 Å². The van der Waals surface area contributed by atoms with Gasteiger partial charge in [-0.2, -0.15) is 0 Å². The third-order valence-electron chi connectivity index (χ3n) is 4.31. The maximum atomic E-state index is 12.3. The van der Waals surface area contributed by atoms with Crippen molar-refractivity contribution in [2.24, 2.45) is 0 Å². The van der Waals surface area contributed by atoms with E-state index in [2.05, 4.69) is 10.6 Å². The summed E-state index contributed by atoms with van der Waals surface area (Å²) in [7, 11) is 0. The number of hydrogen-bond donors (Lipinski definition) is 3. The van der Waals surface area contributed by atoms with Crippen LogP contribution in [0.2, 0.25) is 0 Å². The van der Waals surface area contributed by atoms with Crippen molar-refractivity contribution in [1.29, 1.82) is 0 Å². The number of carboxylic acid groups (broad SMARTS) is 1. The van der Waals surface area contributed by atoms with Gasteiger partial charge >= 0.3 is 11.7 Å². The van der Waals surface area contributed by atoms with Crippen LogP contribution in [0.15, 0.2) is 33.5 Å². The SMILES string of the molecule is O=C(O)Nc1ccc2cc(C(=O)NCCOCCOCCCCCCCl)c(=O)oc2c1. The Morgan fingerprint density at radius 2 is 1.74 bits per heavy atom. The predicted molar refractivity (Wildman–Crippen MR) is 117 cm³/mol. The number of rotatable bonds is 14. The summed E-state index contributed by atoms with van der Waals surface area (Å²) in [6.45, 7) is 2.11. The zero-order valence-corrected chi connectivity index (χ0v) is 17.9. The minimum Gasteiger partial charge on any atom is -0.465 e. The molecular formula is C21H27ClN2O7. The Labute approximate surface area is 184 Å². The number of amides is 2. The lowest BCUT2D eigenvalue weighted by Crippen LogP contribution is -2.31. The second kappa shape index (κ2) is 13.6. The van der Waals surface area contributed by atoms with Crippen molar-refractivity contribution in [2.45, 2.75) is 25.7 Å². The van der Waals surface area contributed by atoms with Crippen molar-refractivity contribution in [2.75, 3.05) is 44.2 Å². The highest BCUT2D eigenvalue weighted by Gasteiger charge is 2.14. The van der Waals surface area contributed by atoms with Gasteiger partial charge in [0.2, 0.25) is 0 Å². The van der Waals surface area contributed by atoms with Crippen LogP contribution in [-0.2, 0) is 9.47 Å². The highest BCUT2D eigenvalue weighted by molar-refractivity contribution is 6.17. The standard InChI is InChI=1S/C21H27ClN2O7/c22-7-3-1-2-4-9-29-11-12-30-10-8-23-19(25)17-13-15-5-6-16(24-21(27)28)14-18(15)31-20(17)26/h5-6,13-14,24H,1-4,7-12H2,(H,23,25)(H,27,28). The quantitative estimate of drug-likeness (QED) is 0.226. The van der Waals surface area contributed by atoms with E-state index in [1.807, 2.05) is 0 Å². The molecule has 10 heteroatoms. The summed E-state index contributed by atoms with van der Waals surface area (Å²) in [4.78, 5) is 35.1. The summed E-state index contributed by atoms with van der Waals surface area (Å²) in [5.41, 5.74) is -0.509. The van der Waals surface area contributed by atoms with E-state index in [0.29, 0.717) is 31.1 Å². The van der Waals surface area contributed by atoms with E-state index < -0.39 is 17.6 Å². The molecule has 2 rings (SSSR count). The summed E-state index contributed by atoms with van der Waals surface area (Å²) < 4.78 is 16.0. The van der Waals surface area contributed by atoms with Gasteiger partial charge in [-0.3, -0.25) is 10.1 Å². The number of hydrogen-bond acceptors (Lipinski definition) is 6. The minimum absolute atomic E-state index is 0.135. The van der Waals surface area contributed by atoms with Gasteiger partial charge in [0, 0.05) is 36.2 Å². The molecule has 0 aliphatic rings. The van der Waals surface area contributed by atoms with E-state index in [-0.39, 0.29) is 30.0 Å². The summed E-state index contributed by atoms with van der Waals surface area (Å²) in [6, 6.07) is 5.85. The number of unbranched alkanes of at least 4 members (excludes halogenated alkanes) is 3. The number of ether oxygens (including phenoxy) is 2. The zero-order valence-electron chi connectivity index (χ0n) is 17.2. The molecule has 0 bridgehead atoms. The Morgan fingerprint density at radius 3 is 2.48 bits per heavy atom. The van der Waals surface area contributed by atoms with Gasteiger partial charge in [-0.15, -0.1) is 11.6 Å². The molecule has 0 radical (unpaired) electrons. The average Bonchev–Trinajstić information content (AvgIpc) is 2.73. The van der Waals surface area contributed by atoms with Gasteiger partial charge in [0.1, 0.15) is 11.1 Å². The molecule has 0 spiro atoms. The first-order valence-electron chi connectivity index (χ1n) is 10.1. The van der Waals surface area contributed by atoms with Gasteiger partial charge in [-0.25, -0.2) is 9.59 Å². The van der Waals surface area contributed by atoms with E-state index >= 15 is 0 Å². The van der Waals surface area contributed by atoms with E-state index in [4.69, 9.17) is 30.6 Å². The molecule has 0 unspecified atom stereocenters. The Kier molecular flexibility index (Phi) is 10.8. The number of fused-ring (bicyclic) bond motifs is 1. The number of carbonyl (C=O) groups is 2. The minimum atomic E-state index is -1.23. The molecule has 9 nitrogen and oxygen atoms in total. The van der Waals surface area contributed by atoms with Crippen LogP contribution < -0.4 is 16.3 Å². The van der Waals surface area contributed by atoms with Crippen LogP contribution in [0, 0.1) is 0 Å². The third kappa shape index (κ3) is 8.95. The summed E-state index contributed by atoms with van der Waals surface area (Å²) >= 11 is 5.62. The van der Waals surface area contributed by atoms with Crippen LogP contribution in [0.4, 0.5) is 10.5 Å². The van der Waals surface area contributed by atoms with Crippen molar-refractivity contribution >= 4 is 40.3 Å². The number of alkyl halides is 1. The number of nitrogens with one attached hydrogen (secondary N) is 2. The van der Waals surface area contributed by atoms with E-state index in [1.165, 1.54) is 18.2 Å². The first kappa shape index (κ1) is 24.6. The largest absolute Gasteiger partial charge is 0.465 e. The summed E-state index contributed by atoms with van der Waals surface area (Å²) in [6.07, 6.45) is 3.01. The van der Waals surface area contributed by atoms with E-state index in [9.17, 15) is 14.4 Å². The second-order valence-corrected chi connectivity index (χ2v) is 7.09. The van der Waals surface area contributed by atoms with Crippen LogP contribution >= 0.6 is 11.6 Å². The molecule has 31 heavy (non-hydrogen) atoms. The van der Waals surface area contributed by atoms with Crippen LogP contribution in [0.3, 0.4) is 0 Å². The van der Waals surface area contributed by atoms with E-state index in [1.54, 1.807) is 6.07 Å². The Balaban J connectivity index is 1.69. The maximum Gasteiger partial charge on any atom is 0.409 e. The molecule has 1 aromatic carbocycles. The zero-order chi connectivity index (χ0) is 22.5. The molecule has 170 valence electrons. The molecule has 0 atom stereocenters. The molecule has 1 heterocycles. The van der Waals surface area contributed by atoms with Crippen LogP contribution in [-0.4, -0.2) is 56.0 Å². The topological polar surface area (TPSA) is 127 Å². The number of anilines is 1. The first-order chi connectivity index (χ1) is 15.0. The molecule has 0 aliphatic carbocycles. The molecular weight excluding hydrogens is 428 g/mol. The fourth-order valence-corrected chi connectivity index (χ4v) is 2.97. The first-order valence-corrected chi connectivity index (χ1v) is 10.6. The molecule has 3 N–H and O–H groups in total. The lowest BCUT2D eigenvalue weighted by Gasteiger charge is -2.08. The van der Waals surface area contributed by atoms with Gasteiger partial charge in [0.05, 0.1) is 19.8 Å². The van der Waals surface area contributed by atoms with Crippen molar-refractivity contribution in [3.05, 3.63) is 40.2 Å². The fraction of sp³-hybridized carbons (Fsp3) is 0.476. The lowest BCUT2D eigenvalue weighted by molar-refractivity contribution is 0.0468. The second-order valence-electron chi connectivity index (χ2n) is 6.71. The fourth-order valence-electron chi connectivity index (χ4n) is 2.78. The molecule has 0 saturated carbocycles. The predicted octanol–water partition coefficient (Wildman–Crippen LogP) is 3.45. The molecule has 1 aromatic heterocycles. The Hall–Kier alpha value is -2.62. The highest BCUT2D eigenvalue weighted by atomic mass is 35.5. The normalized spacial score (nSPS) is 10.9. The molecule has 2 amide bonds. The molecule has 0 saturated heterocycles. The van der Waals surface area contributed by atoms with Gasteiger partial charge in [0.15, 0.2) is 0 Å². The van der Waals surface area contributed by atoms with E-state index in [0.717, 1.165) is 25.7 Å². The van der Waals surface area contributed by atoms with Gasteiger partial charge in [-0.05, 0) is 31.0 Å². The van der Waals surface area contributed by atoms with Crippen molar-refractivity contribution in [3.8, 4) is 0 Å². The smallest absolute Gasteiger partial charge is 0.409 e. The summed E-state index contributed by atoms with van der Waals surface area (Å²) in [5.74, 6) is 0.129. The molecule has 2 aromatic rings. The van der Waals surface area contributed by atoms with Crippen molar-refractivity contribution < 1.29 is 28.6 Å². The Morgan fingerprint density at radius 1 is 1.00 bits per heavy atom. The Bertz CT molecular complexity index is 916. The number of halogens is 1. The number of carbonyl (C=O) groups excluding carboxylic acids is 1. The summed E-state index contributed by atoms with van der Waals surface area (Å²) in [5, 5.41) is 14.0. The number of benzene rings is 1. The highest BCUT2D eigenvalue weighted by Crippen LogP contribution is 2.18. The van der Waals surface area contributed by atoms with Crippen LogP contribution in [0.1, 0.15) is 36.0 Å². The average molecular weight is 455 g/mol. The monoisotopic (exact) mass is 454 g/mol. The van der Waals surface area contributed by atoms with Gasteiger partial charge < -0.3 is 24.3 Å². The van der Waals surface area contributed by atoms with Crippen molar-refractivity contribution in [1.82, 2.24) is 5.32 Å². The molecule has 0 fully saturated rings. The lowest BCUT2D eigenvalue weighted by atomic mass is 10.1. The van der Waals surface area contributed by atoms with Crippen molar-refractivity contribution in [3.63, 3.8) is 0 Å². The van der Waals surface area contributed by atoms with Gasteiger partial charge in [-0.1, -0.05) is 12.8 Å². The maximum absolute atomic E-state index is 12.3.